The zero-order valence-electron chi connectivity index (χ0n) is 12.1. The van der Waals surface area contributed by atoms with Crippen LogP contribution in [0.25, 0.3) is 0 Å². The molecular formula is C15H22BrN3O. The molecule has 1 aliphatic heterocycles. The summed E-state index contributed by atoms with van der Waals surface area (Å²) in [7, 11) is 2.15. The quantitative estimate of drug-likeness (QED) is 0.908. The number of hydrogen-bond acceptors (Lipinski definition) is 3. The van der Waals surface area contributed by atoms with Gasteiger partial charge in [-0.1, -0.05) is 15.9 Å². The van der Waals surface area contributed by atoms with Crippen molar-refractivity contribution in [1.29, 1.82) is 0 Å². The minimum Gasteiger partial charge on any atom is -0.350 e. The highest BCUT2D eigenvalue weighted by atomic mass is 79.9. The third-order valence-corrected chi connectivity index (χ3v) is 4.35. The van der Waals surface area contributed by atoms with E-state index in [9.17, 15) is 4.79 Å². The fraction of sp³-hybridized carbons (Fsp3) is 0.533. The lowest BCUT2D eigenvalue weighted by Gasteiger charge is -2.36. The minimum atomic E-state index is -0.00141. The lowest BCUT2D eigenvalue weighted by atomic mass is 10.2. The number of halogens is 1. The normalized spacial score (nSPS) is 18.8. The van der Waals surface area contributed by atoms with E-state index in [2.05, 4.69) is 45.0 Å². The Morgan fingerprint density at radius 3 is 2.45 bits per heavy atom. The van der Waals surface area contributed by atoms with Crippen LogP contribution in [0.2, 0.25) is 0 Å². The van der Waals surface area contributed by atoms with E-state index >= 15 is 0 Å². The van der Waals surface area contributed by atoms with Gasteiger partial charge in [0.2, 0.25) is 0 Å². The topological polar surface area (TPSA) is 35.6 Å². The lowest BCUT2D eigenvalue weighted by Crippen LogP contribution is -2.51. The molecule has 1 fully saturated rings. The predicted molar refractivity (Wildman–Crippen MR) is 85.0 cm³/mol. The summed E-state index contributed by atoms with van der Waals surface area (Å²) in [6.07, 6.45) is 0. The summed E-state index contributed by atoms with van der Waals surface area (Å²) in [6, 6.07) is 7.82. The molecule has 110 valence electrons. The van der Waals surface area contributed by atoms with E-state index in [4.69, 9.17) is 0 Å². The summed E-state index contributed by atoms with van der Waals surface area (Å²) in [6.45, 7) is 7.22. The number of likely N-dealkylation sites (N-methyl/N-ethyl adjacent to an activating group) is 1. The molecule has 5 heteroatoms. The van der Waals surface area contributed by atoms with Gasteiger partial charge in [-0.3, -0.25) is 9.69 Å². The predicted octanol–water partition coefficient (Wildman–Crippen LogP) is 1.81. The third kappa shape index (κ3) is 4.30. The van der Waals surface area contributed by atoms with Crippen LogP contribution in [0.1, 0.15) is 17.3 Å². The first-order valence-corrected chi connectivity index (χ1v) is 7.82. The second kappa shape index (κ2) is 7.20. The van der Waals surface area contributed by atoms with E-state index in [1.54, 1.807) is 0 Å². The number of amides is 1. The van der Waals surface area contributed by atoms with E-state index < -0.39 is 0 Å². The van der Waals surface area contributed by atoms with Gasteiger partial charge < -0.3 is 10.2 Å². The van der Waals surface area contributed by atoms with Crippen LogP contribution >= 0.6 is 15.9 Å². The van der Waals surface area contributed by atoms with E-state index in [1.807, 2.05) is 24.3 Å². The first-order valence-electron chi connectivity index (χ1n) is 7.02. The van der Waals surface area contributed by atoms with Crippen molar-refractivity contribution in [3.05, 3.63) is 34.3 Å². The molecule has 0 aromatic heterocycles. The van der Waals surface area contributed by atoms with Crippen LogP contribution in [-0.2, 0) is 0 Å². The third-order valence-electron chi connectivity index (χ3n) is 3.83. The largest absolute Gasteiger partial charge is 0.350 e. The summed E-state index contributed by atoms with van der Waals surface area (Å²) < 4.78 is 0.986. The number of benzene rings is 1. The van der Waals surface area contributed by atoms with Crippen LogP contribution in [-0.4, -0.2) is 61.5 Å². The van der Waals surface area contributed by atoms with Gasteiger partial charge in [-0.25, -0.2) is 0 Å². The lowest BCUT2D eigenvalue weighted by molar-refractivity contribution is 0.0903. The maximum Gasteiger partial charge on any atom is 0.251 e. The van der Waals surface area contributed by atoms with Gasteiger partial charge in [0.15, 0.2) is 0 Å². The van der Waals surface area contributed by atoms with Gasteiger partial charge in [-0.15, -0.1) is 0 Å². The van der Waals surface area contributed by atoms with Crippen LogP contribution in [0, 0.1) is 0 Å². The number of carbonyl (C=O) groups excluding carboxylic acids is 1. The fourth-order valence-electron chi connectivity index (χ4n) is 2.34. The van der Waals surface area contributed by atoms with Gasteiger partial charge in [-0.2, -0.15) is 0 Å². The number of piperazine rings is 1. The molecule has 1 atom stereocenters. The Hall–Kier alpha value is -0.910. The van der Waals surface area contributed by atoms with Crippen molar-refractivity contribution >= 4 is 21.8 Å². The van der Waals surface area contributed by atoms with Crippen molar-refractivity contribution in [2.24, 2.45) is 0 Å². The molecule has 1 N–H and O–H groups in total. The number of carbonyl (C=O) groups is 1. The van der Waals surface area contributed by atoms with E-state index in [-0.39, 0.29) is 5.91 Å². The number of rotatable bonds is 4. The van der Waals surface area contributed by atoms with E-state index in [0.29, 0.717) is 18.2 Å². The van der Waals surface area contributed by atoms with Crippen molar-refractivity contribution in [2.75, 3.05) is 39.8 Å². The highest BCUT2D eigenvalue weighted by molar-refractivity contribution is 9.10. The van der Waals surface area contributed by atoms with Crippen molar-refractivity contribution in [2.45, 2.75) is 13.0 Å². The summed E-state index contributed by atoms with van der Waals surface area (Å²) in [5.41, 5.74) is 0.707. The second-order valence-corrected chi connectivity index (χ2v) is 6.32. The molecule has 0 unspecified atom stereocenters. The highest BCUT2D eigenvalue weighted by Crippen LogP contribution is 2.10. The maximum absolute atomic E-state index is 12.0. The minimum absolute atomic E-state index is 0.00141. The van der Waals surface area contributed by atoms with Gasteiger partial charge in [0, 0.05) is 48.8 Å². The van der Waals surface area contributed by atoms with Crippen LogP contribution in [0.3, 0.4) is 0 Å². The molecule has 20 heavy (non-hydrogen) atoms. The number of hydrogen-bond donors (Lipinski definition) is 1. The van der Waals surface area contributed by atoms with Gasteiger partial charge in [0.1, 0.15) is 0 Å². The SMILES string of the molecule is C[C@@H](CNC(=O)c1ccc(Br)cc1)N1CCN(C)CC1. The average molecular weight is 340 g/mol. The molecule has 2 rings (SSSR count). The Bertz CT molecular complexity index is 441. The molecule has 1 amide bonds. The molecule has 1 saturated heterocycles. The van der Waals surface area contributed by atoms with E-state index in [0.717, 1.165) is 30.7 Å². The molecule has 1 aromatic carbocycles. The van der Waals surface area contributed by atoms with E-state index in [1.165, 1.54) is 0 Å². The molecule has 0 saturated carbocycles. The van der Waals surface area contributed by atoms with Gasteiger partial charge in [0.25, 0.3) is 5.91 Å². The molecular weight excluding hydrogens is 318 g/mol. The summed E-state index contributed by atoms with van der Waals surface area (Å²) >= 11 is 3.37. The first kappa shape index (κ1) is 15.5. The molecule has 0 bridgehead atoms. The van der Waals surface area contributed by atoms with Crippen molar-refractivity contribution < 1.29 is 4.79 Å². The number of nitrogens with zero attached hydrogens (tertiary/aromatic N) is 2. The average Bonchev–Trinajstić information content (AvgIpc) is 2.46. The first-order chi connectivity index (χ1) is 9.56. The molecule has 0 aliphatic carbocycles. The highest BCUT2D eigenvalue weighted by Gasteiger charge is 2.19. The van der Waals surface area contributed by atoms with Crippen molar-refractivity contribution in [3.8, 4) is 0 Å². The number of nitrogens with one attached hydrogen (secondary N) is 1. The van der Waals surface area contributed by atoms with Crippen molar-refractivity contribution in [1.82, 2.24) is 15.1 Å². The molecule has 1 aliphatic rings. The van der Waals surface area contributed by atoms with Gasteiger partial charge in [-0.05, 0) is 38.2 Å². The summed E-state index contributed by atoms with van der Waals surface area (Å²) in [5.74, 6) is -0.00141. The van der Waals surface area contributed by atoms with Gasteiger partial charge >= 0.3 is 0 Å². The van der Waals surface area contributed by atoms with Crippen molar-refractivity contribution in [3.63, 3.8) is 0 Å². The van der Waals surface area contributed by atoms with Crippen LogP contribution < -0.4 is 5.32 Å². The Balaban J connectivity index is 1.79. The maximum atomic E-state index is 12.0. The summed E-state index contributed by atoms with van der Waals surface area (Å²) in [5, 5.41) is 3.02. The van der Waals surface area contributed by atoms with Crippen LogP contribution in [0.5, 0.6) is 0 Å². The zero-order chi connectivity index (χ0) is 14.5. The molecule has 0 spiro atoms. The molecule has 1 aromatic rings. The Morgan fingerprint density at radius 2 is 1.85 bits per heavy atom. The second-order valence-electron chi connectivity index (χ2n) is 5.41. The molecule has 0 radical (unpaired) electrons. The molecule has 1 heterocycles. The Labute approximate surface area is 129 Å². The Morgan fingerprint density at radius 1 is 1.25 bits per heavy atom. The standard InChI is InChI=1S/C15H22BrN3O/c1-12(19-9-7-18(2)8-10-19)11-17-15(20)13-3-5-14(16)6-4-13/h3-6,12H,7-11H2,1-2H3,(H,17,20)/t12-/m0/s1. The summed E-state index contributed by atoms with van der Waals surface area (Å²) in [4.78, 5) is 16.8. The van der Waals surface area contributed by atoms with Gasteiger partial charge in [0.05, 0.1) is 0 Å². The molecule has 4 nitrogen and oxygen atoms in total. The zero-order valence-corrected chi connectivity index (χ0v) is 13.7. The smallest absolute Gasteiger partial charge is 0.251 e. The fourth-order valence-corrected chi connectivity index (χ4v) is 2.60. The van der Waals surface area contributed by atoms with Crippen LogP contribution in [0.4, 0.5) is 0 Å². The monoisotopic (exact) mass is 339 g/mol. The Kier molecular flexibility index (Phi) is 5.57. The van der Waals surface area contributed by atoms with Crippen LogP contribution in [0.15, 0.2) is 28.7 Å².